The second-order valence-corrected chi connectivity index (χ2v) is 5.10. The zero-order chi connectivity index (χ0) is 15.4. The van der Waals surface area contributed by atoms with E-state index in [0.717, 1.165) is 24.0 Å². The van der Waals surface area contributed by atoms with E-state index in [-0.39, 0.29) is 6.03 Å². The van der Waals surface area contributed by atoms with Crippen LogP contribution in [0.15, 0.2) is 55.0 Å². The lowest BCUT2D eigenvalue weighted by Gasteiger charge is -2.08. The third-order valence-corrected chi connectivity index (χ3v) is 3.41. The van der Waals surface area contributed by atoms with Gasteiger partial charge >= 0.3 is 6.03 Å². The Morgan fingerprint density at radius 3 is 2.82 bits per heavy atom. The van der Waals surface area contributed by atoms with Gasteiger partial charge in [-0.15, -0.1) is 0 Å². The van der Waals surface area contributed by atoms with Crippen LogP contribution in [-0.4, -0.2) is 15.6 Å². The number of hydrogen-bond acceptors (Lipinski definition) is 2. The van der Waals surface area contributed by atoms with Crippen molar-refractivity contribution in [3.05, 3.63) is 55.0 Å². The summed E-state index contributed by atoms with van der Waals surface area (Å²) in [5.74, 6) is 0. The Bertz CT molecular complexity index is 780. The average molecular weight is 294 g/mol. The van der Waals surface area contributed by atoms with Gasteiger partial charge in [-0.1, -0.05) is 6.92 Å². The SMILES string of the molecule is CCCn1ccc2cc(NC(=O)Nc3cccnc3)ccc21. The molecule has 0 fully saturated rings. The third kappa shape index (κ3) is 3.09. The van der Waals surface area contributed by atoms with Crippen molar-refractivity contribution in [3.8, 4) is 0 Å². The van der Waals surface area contributed by atoms with Crippen LogP contribution in [0.25, 0.3) is 10.9 Å². The topological polar surface area (TPSA) is 59.0 Å². The molecule has 2 heterocycles. The zero-order valence-corrected chi connectivity index (χ0v) is 12.4. The molecule has 112 valence electrons. The molecule has 3 rings (SSSR count). The average Bonchev–Trinajstić information content (AvgIpc) is 2.91. The van der Waals surface area contributed by atoms with Crippen molar-refractivity contribution < 1.29 is 4.79 Å². The van der Waals surface area contributed by atoms with E-state index >= 15 is 0 Å². The molecule has 3 aromatic rings. The number of fused-ring (bicyclic) bond motifs is 1. The van der Waals surface area contributed by atoms with Crippen LogP contribution in [0.2, 0.25) is 0 Å². The van der Waals surface area contributed by atoms with Gasteiger partial charge in [0.05, 0.1) is 11.9 Å². The molecule has 0 atom stereocenters. The lowest BCUT2D eigenvalue weighted by atomic mass is 10.2. The summed E-state index contributed by atoms with van der Waals surface area (Å²) in [7, 11) is 0. The minimum Gasteiger partial charge on any atom is -0.347 e. The van der Waals surface area contributed by atoms with Gasteiger partial charge in [-0.3, -0.25) is 4.98 Å². The highest BCUT2D eigenvalue weighted by atomic mass is 16.2. The standard InChI is InChI=1S/C17H18N4O/c1-2-9-21-10-7-13-11-14(5-6-16(13)21)19-17(22)20-15-4-3-8-18-12-15/h3-8,10-12H,2,9H2,1H3,(H2,19,20,22). The number of rotatable bonds is 4. The van der Waals surface area contributed by atoms with Crippen molar-refractivity contribution in [1.29, 1.82) is 0 Å². The largest absolute Gasteiger partial charge is 0.347 e. The zero-order valence-electron chi connectivity index (χ0n) is 12.4. The highest BCUT2D eigenvalue weighted by Gasteiger charge is 2.05. The molecule has 0 unspecified atom stereocenters. The van der Waals surface area contributed by atoms with Crippen LogP contribution in [0.3, 0.4) is 0 Å². The van der Waals surface area contributed by atoms with Crippen molar-refractivity contribution in [2.75, 3.05) is 10.6 Å². The van der Waals surface area contributed by atoms with E-state index in [1.165, 1.54) is 5.52 Å². The molecule has 2 aromatic heterocycles. The Morgan fingerprint density at radius 2 is 2.05 bits per heavy atom. The summed E-state index contributed by atoms with van der Waals surface area (Å²) in [4.78, 5) is 15.9. The predicted octanol–water partition coefficient (Wildman–Crippen LogP) is 4.09. The van der Waals surface area contributed by atoms with E-state index in [0.29, 0.717) is 5.69 Å². The van der Waals surface area contributed by atoms with Crippen molar-refractivity contribution in [2.45, 2.75) is 19.9 Å². The maximum Gasteiger partial charge on any atom is 0.323 e. The number of amides is 2. The summed E-state index contributed by atoms with van der Waals surface area (Å²) < 4.78 is 2.22. The number of pyridine rings is 1. The van der Waals surface area contributed by atoms with Crippen LogP contribution in [0.5, 0.6) is 0 Å². The molecule has 5 heteroatoms. The maximum atomic E-state index is 12.0. The number of aromatic nitrogens is 2. The molecule has 2 amide bonds. The summed E-state index contributed by atoms with van der Waals surface area (Å²) in [6.45, 7) is 3.16. The van der Waals surface area contributed by atoms with Crippen LogP contribution >= 0.6 is 0 Å². The van der Waals surface area contributed by atoms with Crippen LogP contribution in [-0.2, 0) is 6.54 Å². The first-order chi connectivity index (χ1) is 10.8. The number of anilines is 2. The second kappa shape index (κ2) is 6.30. The molecule has 0 saturated heterocycles. The fourth-order valence-electron chi connectivity index (χ4n) is 2.44. The van der Waals surface area contributed by atoms with Crippen molar-refractivity contribution in [1.82, 2.24) is 9.55 Å². The molecule has 5 nitrogen and oxygen atoms in total. The van der Waals surface area contributed by atoms with Gasteiger partial charge in [-0.25, -0.2) is 4.79 Å². The first kappa shape index (κ1) is 14.1. The molecule has 2 N–H and O–H groups in total. The van der Waals surface area contributed by atoms with Crippen LogP contribution < -0.4 is 10.6 Å². The lowest BCUT2D eigenvalue weighted by Crippen LogP contribution is -2.19. The van der Waals surface area contributed by atoms with Gasteiger partial charge < -0.3 is 15.2 Å². The fraction of sp³-hybridized carbons (Fsp3) is 0.176. The Morgan fingerprint density at radius 1 is 1.18 bits per heavy atom. The van der Waals surface area contributed by atoms with E-state index < -0.39 is 0 Å². The predicted molar refractivity (Wildman–Crippen MR) is 89.1 cm³/mol. The maximum absolute atomic E-state index is 12.0. The summed E-state index contributed by atoms with van der Waals surface area (Å²) >= 11 is 0. The monoisotopic (exact) mass is 294 g/mol. The summed E-state index contributed by atoms with van der Waals surface area (Å²) in [6, 6.07) is 11.3. The van der Waals surface area contributed by atoms with Crippen LogP contribution in [0.4, 0.5) is 16.2 Å². The molecule has 22 heavy (non-hydrogen) atoms. The molecule has 0 spiro atoms. The Hall–Kier alpha value is -2.82. The van der Waals surface area contributed by atoms with E-state index in [9.17, 15) is 4.79 Å². The summed E-state index contributed by atoms with van der Waals surface area (Å²) in [5.41, 5.74) is 2.61. The van der Waals surface area contributed by atoms with Crippen molar-refractivity contribution in [3.63, 3.8) is 0 Å². The van der Waals surface area contributed by atoms with Gasteiger partial charge in [0.25, 0.3) is 0 Å². The van der Waals surface area contributed by atoms with Crippen LogP contribution in [0.1, 0.15) is 13.3 Å². The van der Waals surface area contributed by atoms with Gasteiger partial charge in [0, 0.05) is 35.5 Å². The van der Waals surface area contributed by atoms with E-state index in [1.54, 1.807) is 24.5 Å². The number of nitrogens with one attached hydrogen (secondary N) is 2. The second-order valence-electron chi connectivity index (χ2n) is 5.10. The molecule has 0 bridgehead atoms. The van der Waals surface area contributed by atoms with Gasteiger partial charge in [-0.2, -0.15) is 0 Å². The van der Waals surface area contributed by atoms with Crippen molar-refractivity contribution >= 4 is 28.3 Å². The normalized spacial score (nSPS) is 10.6. The van der Waals surface area contributed by atoms with Gasteiger partial charge in [0.2, 0.25) is 0 Å². The number of aryl methyl sites for hydroxylation is 1. The van der Waals surface area contributed by atoms with Gasteiger partial charge in [0.1, 0.15) is 0 Å². The first-order valence-corrected chi connectivity index (χ1v) is 7.33. The molecule has 0 radical (unpaired) electrons. The van der Waals surface area contributed by atoms with E-state index in [1.807, 2.05) is 18.2 Å². The lowest BCUT2D eigenvalue weighted by molar-refractivity contribution is 0.262. The van der Waals surface area contributed by atoms with Gasteiger partial charge in [0.15, 0.2) is 0 Å². The number of urea groups is 1. The summed E-state index contributed by atoms with van der Waals surface area (Å²) in [6.07, 6.45) is 6.44. The summed E-state index contributed by atoms with van der Waals surface area (Å²) in [5, 5.41) is 6.70. The number of hydrogen-bond donors (Lipinski definition) is 2. The van der Waals surface area contributed by atoms with E-state index in [2.05, 4.69) is 39.4 Å². The molecule has 0 saturated carbocycles. The molecule has 0 aliphatic heterocycles. The van der Waals surface area contributed by atoms with Crippen molar-refractivity contribution in [2.24, 2.45) is 0 Å². The highest BCUT2D eigenvalue weighted by molar-refractivity contribution is 6.00. The quantitative estimate of drug-likeness (QED) is 0.761. The Balaban J connectivity index is 1.72. The third-order valence-electron chi connectivity index (χ3n) is 3.41. The number of carbonyl (C=O) groups excluding carboxylic acids is 1. The fourth-order valence-corrected chi connectivity index (χ4v) is 2.44. The molecule has 0 aliphatic carbocycles. The number of benzene rings is 1. The molecule has 1 aromatic carbocycles. The Labute approximate surface area is 129 Å². The first-order valence-electron chi connectivity index (χ1n) is 7.33. The molecule has 0 aliphatic rings. The minimum absolute atomic E-state index is 0.277. The Kier molecular flexibility index (Phi) is 4.05. The number of nitrogens with zero attached hydrogens (tertiary/aromatic N) is 2. The molecular weight excluding hydrogens is 276 g/mol. The van der Waals surface area contributed by atoms with Crippen LogP contribution in [0, 0.1) is 0 Å². The number of carbonyl (C=O) groups is 1. The molecular formula is C17H18N4O. The minimum atomic E-state index is -0.277. The van der Waals surface area contributed by atoms with Gasteiger partial charge in [-0.05, 0) is 42.8 Å². The smallest absolute Gasteiger partial charge is 0.323 e. The van der Waals surface area contributed by atoms with E-state index in [4.69, 9.17) is 0 Å². The highest BCUT2D eigenvalue weighted by Crippen LogP contribution is 2.21.